The Labute approximate surface area is 129 Å². The van der Waals surface area contributed by atoms with E-state index >= 15 is 0 Å². The number of rotatable bonds is 2. The summed E-state index contributed by atoms with van der Waals surface area (Å²) in [5.74, 6) is 0.332. The average Bonchev–Trinajstić information content (AvgIpc) is 2.53. The van der Waals surface area contributed by atoms with Crippen molar-refractivity contribution in [2.24, 2.45) is 0 Å². The third-order valence-electron chi connectivity index (χ3n) is 4.24. The maximum Gasteiger partial charge on any atom is 0.330 e. The Balaban J connectivity index is 1.85. The van der Waals surface area contributed by atoms with Crippen molar-refractivity contribution in [2.45, 2.75) is 24.9 Å². The number of nitrogens with one attached hydrogen (secondary N) is 1. The first-order chi connectivity index (χ1) is 10.6. The molecule has 0 aromatic heterocycles. The Hall–Kier alpha value is -2.14. The first kappa shape index (κ1) is 14.8. The van der Waals surface area contributed by atoms with Crippen molar-refractivity contribution in [3.8, 4) is 5.75 Å². The highest BCUT2D eigenvalue weighted by Crippen LogP contribution is 2.38. The minimum atomic E-state index is -0.422. The minimum Gasteiger partial charge on any atom is -0.486 e. The number of ketones is 1. The summed E-state index contributed by atoms with van der Waals surface area (Å²) >= 11 is 0. The number of ether oxygens (including phenoxy) is 2. The van der Waals surface area contributed by atoms with E-state index in [-0.39, 0.29) is 11.4 Å². The van der Waals surface area contributed by atoms with Gasteiger partial charge in [0.15, 0.2) is 5.78 Å². The third kappa shape index (κ3) is 2.90. The van der Waals surface area contributed by atoms with Crippen LogP contribution < -0.4 is 10.1 Å². The molecule has 116 valence electrons. The van der Waals surface area contributed by atoms with Gasteiger partial charge in [0.1, 0.15) is 11.4 Å². The molecule has 1 spiro atoms. The normalized spacial score (nSPS) is 19.8. The lowest BCUT2D eigenvalue weighted by Gasteiger charge is -2.40. The molecule has 0 aliphatic carbocycles. The summed E-state index contributed by atoms with van der Waals surface area (Å²) in [6.07, 6.45) is 5.09. The van der Waals surface area contributed by atoms with Crippen LogP contribution in [0, 0.1) is 0 Å². The molecule has 0 radical (unpaired) electrons. The fourth-order valence-corrected chi connectivity index (χ4v) is 3.01. The molecule has 0 atom stereocenters. The summed E-state index contributed by atoms with van der Waals surface area (Å²) in [4.78, 5) is 23.6. The molecule has 0 unspecified atom stereocenters. The summed E-state index contributed by atoms with van der Waals surface area (Å²) < 4.78 is 10.7. The van der Waals surface area contributed by atoms with Crippen molar-refractivity contribution >= 4 is 17.8 Å². The summed E-state index contributed by atoms with van der Waals surface area (Å²) in [5.41, 5.74) is 1.03. The molecular weight excluding hydrogens is 282 g/mol. The molecule has 22 heavy (non-hydrogen) atoms. The lowest BCUT2D eigenvalue weighted by atomic mass is 9.83. The first-order valence-electron chi connectivity index (χ1n) is 7.45. The quantitative estimate of drug-likeness (QED) is 0.668. The predicted octanol–water partition coefficient (Wildman–Crippen LogP) is 1.96. The van der Waals surface area contributed by atoms with Crippen molar-refractivity contribution in [1.29, 1.82) is 0 Å². The highest BCUT2D eigenvalue weighted by molar-refractivity contribution is 6.01. The number of benzene rings is 1. The van der Waals surface area contributed by atoms with E-state index < -0.39 is 5.97 Å². The Bertz CT molecular complexity index is 630. The Morgan fingerprint density at radius 3 is 2.86 bits per heavy atom. The fraction of sp³-hybridized carbons (Fsp3) is 0.412. The predicted molar refractivity (Wildman–Crippen MR) is 81.9 cm³/mol. The lowest BCUT2D eigenvalue weighted by molar-refractivity contribution is -0.134. The van der Waals surface area contributed by atoms with Gasteiger partial charge in [-0.25, -0.2) is 4.79 Å². The Kier molecular flexibility index (Phi) is 3.98. The van der Waals surface area contributed by atoms with E-state index in [1.807, 2.05) is 12.1 Å². The second-order valence-electron chi connectivity index (χ2n) is 5.75. The van der Waals surface area contributed by atoms with E-state index in [0.717, 1.165) is 31.5 Å². The molecule has 1 saturated heterocycles. The molecule has 1 aromatic carbocycles. The van der Waals surface area contributed by atoms with Gasteiger partial charge < -0.3 is 14.8 Å². The van der Waals surface area contributed by atoms with E-state index in [9.17, 15) is 9.59 Å². The molecule has 1 N–H and O–H groups in total. The van der Waals surface area contributed by atoms with Crippen LogP contribution in [0.3, 0.4) is 0 Å². The zero-order valence-corrected chi connectivity index (χ0v) is 12.6. The zero-order chi connectivity index (χ0) is 15.6. The van der Waals surface area contributed by atoms with Crippen LogP contribution in [0.5, 0.6) is 5.75 Å². The van der Waals surface area contributed by atoms with Crippen LogP contribution in [0.15, 0.2) is 24.3 Å². The molecule has 5 nitrogen and oxygen atoms in total. The Morgan fingerprint density at radius 1 is 1.36 bits per heavy atom. The summed E-state index contributed by atoms with van der Waals surface area (Å²) in [6.45, 7) is 1.76. The van der Waals surface area contributed by atoms with Crippen molar-refractivity contribution < 1.29 is 19.1 Å². The second-order valence-corrected chi connectivity index (χ2v) is 5.75. The Morgan fingerprint density at radius 2 is 2.14 bits per heavy atom. The van der Waals surface area contributed by atoms with E-state index in [1.54, 1.807) is 12.1 Å². The first-order valence-corrected chi connectivity index (χ1v) is 7.45. The van der Waals surface area contributed by atoms with E-state index in [1.165, 1.54) is 13.2 Å². The molecule has 2 heterocycles. The fourth-order valence-electron chi connectivity index (χ4n) is 3.01. The van der Waals surface area contributed by atoms with Crippen LogP contribution >= 0.6 is 0 Å². The minimum absolute atomic E-state index is 0.108. The second kappa shape index (κ2) is 5.93. The van der Waals surface area contributed by atoms with Gasteiger partial charge in [-0.1, -0.05) is 6.07 Å². The zero-order valence-electron chi connectivity index (χ0n) is 12.6. The number of fused-ring (bicyclic) bond motifs is 1. The number of methoxy groups -OCH3 is 1. The van der Waals surface area contributed by atoms with Gasteiger partial charge in [0, 0.05) is 18.9 Å². The van der Waals surface area contributed by atoms with Gasteiger partial charge in [0.2, 0.25) is 0 Å². The highest BCUT2D eigenvalue weighted by atomic mass is 16.5. The standard InChI is InChI=1S/C17H19NO4/c1-21-16(20)5-3-12-2-4-15-13(10-12)14(19)11-17(22-15)6-8-18-9-7-17/h2-5,10,18H,6-9,11H2,1H3/b5-3+. The molecule has 5 heteroatoms. The van der Waals surface area contributed by atoms with Crippen LogP contribution in [0.1, 0.15) is 35.2 Å². The number of Topliss-reactive ketones (excluding diaryl/α,β-unsaturated/α-hetero) is 1. The molecule has 2 aliphatic rings. The van der Waals surface area contributed by atoms with Gasteiger partial charge in [0.05, 0.1) is 19.1 Å². The van der Waals surface area contributed by atoms with Gasteiger partial charge in [-0.15, -0.1) is 0 Å². The number of hydrogen-bond donors (Lipinski definition) is 1. The number of carbonyl (C=O) groups excluding carboxylic acids is 2. The molecule has 3 rings (SSSR count). The van der Waals surface area contributed by atoms with Gasteiger partial charge in [0.25, 0.3) is 0 Å². The number of hydrogen-bond acceptors (Lipinski definition) is 5. The molecule has 0 saturated carbocycles. The third-order valence-corrected chi connectivity index (χ3v) is 4.24. The van der Waals surface area contributed by atoms with Crippen LogP contribution in [-0.4, -0.2) is 37.6 Å². The maximum atomic E-state index is 12.5. The average molecular weight is 301 g/mol. The number of piperidine rings is 1. The van der Waals surface area contributed by atoms with Crippen LogP contribution in [0.25, 0.3) is 6.08 Å². The lowest BCUT2D eigenvalue weighted by Crippen LogP contribution is -2.49. The van der Waals surface area contributed by atoms with Gasteiger partial charge in [-0.3, -0.25) is 4.79 Å². The van der Waals surface area contributed by atoms with Crippen molar-refractivity contribution in [1.82, 2.24) is 5.32 Å². The van der Waals surface area contributed by atoms with E-state index in [4.69, 9.17) is 4.74 Å². The van der Waals surface area contributed by atoms with Crippen molar-refractivity contribution in [3.05, 3.63) is 35.4 Å². The van der Waals surface area contributed by atoms with E-state index in [0.29, 0.717) is 17.7 Å². The van der Waals surface area contributed by atoms with Crippen LogP contribution in [0.2, 0.25) is 0 Å². The molecule has 1 fully saturated rings. The summed E-state index contributed by atoms with van der Waals surface area (Å²) in [7, 11) is 1.33. The van der Waals surface area contributed by atoms with E-state index in [2.05, 4.69) is 10.1 Å². The summed E-state index contributed by atoms with van der Waals surface area (Å²) in [5, 5.41) is 3.29. The van der Waals surface area contributed by atoms with Crippen LogP contribution in [-0.2, 0) is 9.53 Å². The highest BCUT2D eigenvalue weighted by Gasteiger charge is 2.41. The number of carbonyl (C=O) groups is 2. The van der Waals surface area contributed by atoms with Crippen LogP contribution in [0.4, 0.5) is 0 Å². The SMILES string of the molecule is COC(=O)/C=C/c1ccc2c(c1)C(=O)CC1(CCNCC1)O2. The molecule has 1 aromatic rings. The topological polar surface area (TPSA) is 64.6 Å². The number of esters is 1. The molecule has 2 aliphatic heterocycles. The monoisotopic (exact) mass is 301 g/mol. The maximum absolute atomic E-state index is 12.5. The molecule has 0 amide bonds. The largest absolute Gasteiger partial charge is 0.486 e. The van der Waals surface area contributed by atoms with Crippen molar-refractivity contribution in [3.63, 3.8) is 0 Å². The van der Waals surface area contributed by atoms with Gasteiger partial charge >= 0.3 is 5.97 Å². The molecule has 0 bridgehead atoms. The molecular formula is C17H19NO4. The summed E-state index contributed by atoms with van der Waals surface area (Å²) in [6, 6.07) is 5.42. The smallest absolute Gasteiger partial charge is 0.330 e. The van der Waals surface area contributed by atoms with Crippen molar-refractivity contribution in [2.75, 3.05) is 20.2 Å². The van der Waals surface area contributed by atoms with Gasteiger partial charge in [-0.2, -0.15) is 0 Å². The van der Waals surface area contributed by atoms with Gasteiger partial charge in [-0.05, 0) is 36.9 Å².